The number of hydrogen-bond donors (Lipinski definition) is 2. The van der Waals surface area contributed by atoms with Crippen LogP contribution in [0.1, 0.15) is 46.0 Å². The van der Waals surface area contributed by atoms with E-state index >= 15 is 0 Å². The van der Waals surface area contributed by atoms with Crippen molar-refractivity contribution in [3.8, 4) is 0 Å². The molecule has 0 spiro atoms. The molecular formula is C10H21NO2. The van der Waals surface area contributed by atoms with E-state index in [2.05, 4.69) is 12.2 Å². The summed E-state index contributed by atoms with van der Waals surface area (Å²) in [6.07, 6.45) is 5.39. The predicted molar refractivity (Wildman–Crippen MR) is 53.9 cm³/mol. The van der Waals surface area contributed by atoms with Crippen LogP contribution >= 0.6 is 0 Å². The van der Waals surface area contributed by atoms with Crippen molar-refractivity contribution < 1.29 is 9.90 Å². The number of carbonyl (C=O) groups is 1. The molecule has 78 valence electrons. The third-order valence-corrected chi connectivity index (χ3v) is 2.13. The minimum absolute atomic E-state index is 0.360. The SMILES string of the molecule is CCCCCCNC(CC)C(=O)O. The molecule has 0 aliphatic heterocycles. The lowest BCUT2D eigenvalue weighted by molar-refractivity contribution is -0.139. The first-order valence-electron chi connectivity index (χ1n) is 5.18. The van der Waals surface area contributed by atoms with Crippen molar-refractivity contribution in [2.24, 2.45) is 0 Å². The molecule has 2 N–H and O–H groups in total. The summed E-state index contributed by atoms with van der Waals surface area (Å²) in [5, 5.41) is 11.7. The number of nitrogens with one attached hydrogen (secondary N) is 1. The maximum Gasteiger partial charge on any atom is 0.320 e. The summed E-state index contributed by atoms with van der Waals surface area (Å²) >= 11 is 0. The fourth-order valence-electron chi connectivity index (χ4n) is 1.23. The number of carboxylic acid groups (broad SMARTS) is 1. The second kappa shape index (κ2) is 8.05. The summed E-state index contributed by atoms with van der Waals surface area (Å²) in [5.41, 5.74) is 0. The monoisotopic (exact) mass is 187 g/mol. The molecule has 0 aliphatic rings. The average Bonchev–Trinajstić information content (AvgIpc) is 2.10. The van der Waals surface area contributed by atoms with Crippen LogP contribution in [0.4, 0.5) is 0 Å². The molecule has 3 heteroatoms. The third kappa shape index (κ3) is 6.58. The summed E-state index contributed by atoms with van der Waals surface area (Å²) in [7, 11) is 0. The quantitative estimate of drug-likeness (QED) is 0.571. The average molecular weight is 187 g/mol. The Labute approximate surface area is 80.5 Å². The molecule has 0 aliphatic carbocycles. The Hall–Kier alpha value is -0.570. The molecule has 0 radical (unpaired) electrons. The molecule has 0 bridgehead atoms. The van der Waals surface area contributed by atoms with E-state index < -0.39 is 5.97 Å². The van der Waals surface area contributed by atoms with E-state index in [0.717, 1.165) is 13.0 Å². The molecule has 0 amide bonds. The van der Waals surface area contributed by atoms with Crippen molar-refractivity contribution in [2.45, 2.75) is 52.0 Å². The topological polar surface area (TPSA) is 49.3 Å². The van der Waals surface area contributed by atoms with Crippen LogP contribution in [-0.2, 0) is 4.79 Å². The number of hydrogen-bond acceptors (Lipinski definition) is 2. The maximum atomic E-state index is 10.6. The van der Waals surface area contributed by atoms with Gasteiger partial charge >= 0.3 is 5.97 Å². The lowest BCUT2D eigenvalue weighted by Gasteiger charge is -2.11. The standard InChI is InChI=1S/C10H21NO2/c1-3-5-6-7-8-11-9(4-2)10(12)13/h9,11H,3-8H2,1-2H3,(H,12,13). The lowest BCUT2D eigenvalue weighted by atomic mass is 10.2. The van der Waals surface area contributed by atoms with Gasteiger partial charge in [0.1, 0.15) is 6.04 Å². The summed E-state index contributed by atoms with van der Waals surface area (Å²) in [4.78, 5) is 10.6. The van der Waals surface area contributed by atoms with Gasteiger partial charge in [0.2, 0.25) is 0 Å². The third-order valence-electron chi connectivity index (χ3n) is 2.13. The van der Waals surface area contributed by atoms with Crippen LogP contribution in [0.3, 0.4) is 0 Å². The molecule has 13 heavy (non-hydrogen) atoms. The molecule has 1 atom stereocenters. The second-order valence-corrected chi connectivity index (χ2v) is 3.31. The van der Waals surface area contributed by atoms with Gasteiger partial charge in [0.15, 0.2) is 0 Å². The van der Waals surface area contributed by atoms with Gasteiger partial charge in [-0.05, 0) is 19.4 Å². The fourth-order valence-corrected chi connectivity index (χ4v) is 1.23. The Morgan fingerprint density at radius 1 is 1.31 bits per heavy atom. The van der Waals surface area contributed by atoms with Gasteiger partial charge in [0.05, 0.1) is 0 Å². The summed E-state index contributed by atoms with van der Waals surface area (Å²) in [5.74, 6) is -0.738. The number of rotatable bonds is 8. The van der Waals surface area contributed by atoms with E-state index in [1.54, 1.807) is 0 Å². The van der Waals surface area contributed by atoms with Crippen LogP contribution in [0.15, 0.2) is 0 Å². The largest absolute Gasteiger partial charge is 0.480 e. The van der Waals surface area contributed by atoms with Gasteiger partial charge in [-0.25, -0.2) is 0 Å². The number of aliphatic carboxylic acids is 1. The first-order valence-corrected chi connectivity index (χ1v) is 5.18. The van der Waals surface area contributed by atoms with Gasteiger partial charge in [0, 0.05) is 0 Å². The van der Waals surface area contributed by atoms with Gasteiger partial charge in [-0.2, -0.15) is 0 Å². The zero-order valence-corrected chi connectivity index (χ0v) is 8.68. The molecule has 0 heterocycles. The Morgan fingerprint density at radius 2 is 2.00 bits per heavy atom. The highest BCUT2D eigenvalue weighted by Crippen LogP contribution is 1.98. The van der Waals surface area contributed by atoms with Crippen LogP contribution < -0.4 is 5.32 Å². The number of unbranched alkanes of at least 4 members (excludes halogenated alkanes) is 3. The van der Waals surface area contributed by atoms with Gasteiger partial charge in [-0.1, -0.05) is 33.1 Å². The van der Waals surface area contributed by atoms with Crippen molar-refractivity contribution >= 4 is 5.97 Å². The molecule has 0 saturated carbocycles. The molecule has 0 aromatic carbocycles. The summed E-state index contributed by atoms with van der Waals surface area (Å²) < 4.78 is 0. The van der Waals surface area contributed by atoms with Crippen molar-refractivity contribution in [2.75, 3.05) is 6.54 Å². The van der Waals surface area contributed by atoms with E-state index in [9.17, 15) is 4.79 Å². The predicted octanol–water partition coefficient (Wildman–Crippen LogP) is 2.02. The highest BCUT2D eigenvalue weighted by Gasteiger charge is 2.12. The Kier molecular flexibility index (Phi) is 7.69. The Bertz CT molecular complexity index is 137. The van der Waals surface area contributed by atoms with Crippen LogP contribution in [0.5, 0.6) is 0 Å². The van der Waals surface area contributed by atoms with Crippen LogP contribution in [0.25, 0.3) is 0 Å². The first-order chi connectivity index (χ1) is 6.22. The van der Waals surface area contributed by atoms with Crippen molar-refractivity contribution in [1.82, 2.24) is 5.32 Å². The smallest absolute Gasteiger partial charge is 0.320 e. The molecule has 0 rings (SSSR count). The second-order valence-electron chi connectivity index (χ2n) is 3.31. The zero-order chi connectivity index (χ0) is 10.1. The van der Waals surface area contributed by atoms with Crippen molar-refractivity contribution in [3.05, 3.63) is 0 Å². The van der Waals surface area contributed by atoms with Gasteiger partial charge < -0.3 is 10.4 Å². The van der Waals surface area contributed by atoms with E-state index in [1.165, 1.54) is 19.3 Å². The first kappa shape index (κ1) is 12.4. The fraction of sp³-hybridized carbons (Fsp3) is 0.900. The van der Waals surface area contributed by atoms with E-state index in [1.807, 2.05) is 6.92 Å². The molecule has 1 unspecified atom stereocenters. The Morgan fingerprint density at radius 3 is 2.46 bits per heavy atom. The maximum absolute atomic E-state index is 10.6. The summed E-state index contributed by atoms with van der Waals surface area (Å²) in [6, 6.07) is -0.360. The lowest BCUT2D eigenvalue weighted by Crippen LogP contribution is -2.36. The Balaban J connectivity index is 3.33. The minimum atomic E-state index is -0.738. The van der Waals surface area contributed by atoms with Gasteiger partial charge in [0.25, 0.3) is 0 Å². The minimum Gasteiger partial charge on any atom is -0.480 e. The zero-order valence-electron chi connectivity index (χ0n) is 8.68. The van der Waals surface area contributed by atoms with E-state index in [4.69, 9.17) is 5.11 Å². The van der Waals surface area contributed by atoms with Gasteiger partial charge in [-0.15, -0.1) is 0 Å². The molecule has 3 nitrogen and oxygen atoms in total. The normalized spacial score (nSPS) is 12.8. The van der Waals surface area contributed by atoms with Crippen LogP contribution in [-0.4, -0.2) is 23.7 Å². The van der Waals surface area contributed by atoms with Crippen LogP contribution in [0.2, 0.25) is 0 Å². The van der Waals surface area contributed by atoms with E-state index in [-0.39, 0.29) is 6.04 Å². The molecule has 0 saturated heterocycles. The molecule has 0 aromatic heterocycles. The van der Waals surface area contributed by atoms with Gasteiger partial charge in [-0.3, -0.25) is 4.79 Å². The molecular weight excluding hydrogens is 166 g/mol. The van der Waals surface area contributed by atoms with Crippen molar-refractivity contribution in [1.29, 1.82) is 0 Å². The highest BCUT2D eigenvalue weighted by atomic mass is 16.4. The highest BCUT2D eigenvalue weighted by molar-refractivity contribution is 5.73. The van der Waals surface area contributed by atoms with E-state index in [0.29, 0.717) is 6.42 Å². The molecule has 0 fully saturated rings. The van der Waals surface area contributed by atoms with Crippen molar-refractivity contribution in [3.63, 3.8) is 0 Å². The van der Waals surface area contributed by atoms with Crippen LogP contribution in [0, 0.1) is 0 Å². The summed E-state index contributed by atoms with van der Waals surface area (Å²) in [6.45, 7) is 4.88. The number of carboxylic acids is 1. The molecule has 0 aromatic rings.